The highest BCUT2D eigenvalue weighted by atomic mass is 16.5. The van der Waals surface area contributed by atoms with Crippen LogP contribution in [0, 0.1) is 6.92 Å². The van der Waals surface area contributed by atoms with E-state index in [9.17, 15) is 19.2 Å². The molecule has 29 heavy (non-hydrogen) atoms. The van der Waals surface area contributed by atoms with Gasteiger partial charge in [0, 0.05) is 32.2 Å². The lowest BCUT2D eigenvalue weighted by Crippen LogP contribution is -2.44. The maximum atomic E-state index is 12.3. The van der Waals surface area contributed by atoms with E-state index in [1.165, 1.54) is 19.1 Å². The molecule has 0 spiro atoms. The number of anilines is 1. The monoisotopic (exact) mass is 407 g/mol. The summed E-state index contributed by atoms with van der Waals surface area (Å²) >= 11 is 0. The number of hydrogen-bond donors (Lipinski definition) is 2. The third kappa shape index (κ3) is 10.2. The van der Waals surface area contributed by atoms with Crippen molar-refractivity contribution in [1.29, 1.82) is 0 Å². The number of esters is 1. The van der Waals surface area contributed by atoms with E-state index in [0.717, 1.165) is 5.56 Å². The first kappa shape index (κ1) is 24.1. The van der Waals surface area contributed by atoms with Gasteiger partial charge in [0.05, 0.1) is 26.8 Å². The predicted molar refractivity (Wildman–Crippen MR) is 107 cm³/mol. The van der Waals surface area contributed by atoms with Crippen LogP contribution in [0.1, 0.15) is 24.8 Å². The molecule has 0 saturated carbocycles. The number of benzene rings is 1. The SMILES string of the molecule is COCCN(CC(=O)NCC(=O)Nc1ccc(C)cc1)C(=O)CCCC(=O)OC. The van der Waals surface area contributed by atoms with Crippen LogP contribution < -0.4 is 10.6 Å². The van der Waals surface area contributed by atoms with Gasteiger partial charge in [-0.2, -0.15) is 0 Å². The number of nitrogens with one attached hydrogen (secondary N) is 2. The molecule has 0 unspecified atom stereocenters. The van der Waals surface area contributed by atoms with Crippen LogP contribution in [0.25, 0.3) is 0 Å². The van der Waals surface area contributed by atoms with E-state index in [-0.39, 0.29) is 50.9 Å². The van der Waals surface area contributed by atoms with Gasteiger partial charge in [0.25, 0.3) is 0 Å². The van der Waals surface area contributed by atoms with E-state index in [2.05, 4.69) is 15.4 Å². The van der Waals surface area contributed by atoms with Gasteiger partial charge >= 0.3 is 5.97 Å². The van der Waals surface area contributed by atoms with Crippen molar-refractivity contribution in [1.82, 2.24) is 10.2 Å². The summed E-state index contributed by atoms with van der Waals surface area (Å²) in [5, 5.41) is 5.18. The predicted octanol–water partition coefficient (Wildman–Crippen LogP) is 0.868. The second kappa shape index (κ2) is 13.3. The van der Waals surface area contributed by atoms with E-state index < -0.39 is 11.9 Å². The molecule has 0 aliphatic heterocycles. The fraction of sp³-hybridized carbons (Fsp3) is 0.500. The Morgan fingerprint density at radius 1 is 1.00 bits per heavy atom. The van der Waals surface area contributed by atoms with Crippen LogP contribution in [-0.4, -0.2) is 69.1 Å². The highest BCUT2D eigenvalue weighted by Crippen LogP contribution is 2.08. The van der Waals surface area contributed by atoms with Gasteiger partial charge in [-0.15, -0.1) is 0 Å². The van der Waals surface area contributed by atoms with Crippen molar-refractivity contribution in [3.8, 4) is 0 Å². The first-order valence-electron chi connectivity index (χ1n) is 9.32. The molecule has 1 aromatic rings. The van der Waals surface area contributed by atoms with Crippen molar-refractivity contribution in [2.45, 2.75) is 26.2 Å². The second-order valence-electron chi connectivity index (χ2n) is 6.43. The third-order valence-corrected chi connectivity index (χ3v) is 4.03. The van der Waals surface area contributed by atoms with Crippen LogP contribution in [0.2, 0.25) is 0 Å². The molecular weight excluding hydrogens is 378 g/mol. The number of carbonyl (C=O) groups excluding carboxylic acids is 4. The Hall–Kier alpha value is -2.94. The number of amides is 3. The van der Waals surface area contributed by atoms with Crippen molar-refractivity contribution in [2.75, 3.05) is 45.8 Å². The van der Waals surface area contributed by atoms with Crippen LogP contribution in [0.5, 0.6) is 0 Å². The zero-order chi connectivity index (χ0) is 21.6. The standard InChI is InChI=1S/C20H29N3O6/c1-15-7-9-16(10-8-15)22-17(24)13-21-18(25)14-23(11-12-28-2)19(26)5-4-6-20(27)29-3/h7-10H,4-6,11-14H2,1-3H3,(H,21,25)(H,22,24). The van der Waals surface area contributed by atoms with Crippen molar-refractivity contribution in [2.24, 2.45) is 0 Å². The molecule has 0 fully saturated rings. The average molecular weight is 407 g/mol. The van der Waals surface area contributed by atoms with Gasteiger partial charge in [0.15, 0.2) is 0 Å². The molecule has 2 N–H and O–H groups in total. The van der Waals surface area contributed by atoms with Gasteiger partial charge in [-0.05, 0) is 25.5 Å². The van der Waals surface area contributed by atoms with Gasteiger partial charge in [-0.1, -0.05) is 17.7 Å². The summed E-state index contributed by atoms with van der Waals surface area (Å²) in [6.45, 7) is 2.04. The Morgan fingerprint density at radius 2 is 1.69 bits per heavy atom. The zero-order valence-electron chi connectivity index (χ0n) is 17.2. The number of methoxy groups -OCH3 is 2. The molecule has 1 aromatic carbocycles. The third-order valence-electron chi connectivity index (χ3n) is 4.03. The van der Waals surface area contributed by atoms with Crippen LogP contribution >= 0.6 is 0 Å². The minimum atomic E-state index is -0.457. The second-order valence-corrected chi connectivity index (χ2v) is 6.43. The summed E-state index contributed by atoms with van der Waals surface area (Å²) in [5.74, 6) is -1.49. The maximum Gasteiger partial charge on any atom is 0.305 e. The molecule has 1 rings (SSSR count). The molecule has 0 aromatic heterocycles. The largest absolute Gasteiger partial charge is 0.469 e. The molecule has 0 saturated heterocycles. The molecule has 0 aliphatic rings. The van der Waals surface area contributed by atoms with E-state index in [1.807, 2.05) is 19.1 Å². The van der Waals surface area contributed by atoms with Gasteiger partial charge < -0.3 is 25.0 Å². The van der Waals surface area contributed by atoms with Crippen LogP contribution in [0.3, 0.4) is 0 Å². The Morgan fingerprint density at radius 3 is 2.31 bits per heavy atom. The summed E-state index contributed by atoms with van der Waals surface area (Å²) in [7, 11) is 2.78. The topological polar surface area (TPSA) is 114 Å². The molecule has 9 nitrogen and oxygen atoms in total. The summed E-state index contributed by atoms with van der Waals surface area (Å²) in [6.07, 6.45) is 0.571. The fourth-order valence-corrected chi connectivity index (χ4v) is 2.39. The average Bonchev–Trinajstić information content (AvgIpc) is 2.70. The lowest BCUT2D eigenvalue weighted by atomic mass is 10.2. The Kier molecular flexibility index (Phi) is 11.0. The van der Waals surface area contributed by atoms with Crippen LogP contribution in [0.15, 0.2) is 24.3 Å². The first-order chi connectivity index (χ1) is 13.8. The summed E-state index contributed by atoms with van der Waals surface area (Å²) < 4.78 is 9.51. The number of aryl methyl sites for hydroxylation is 1. The molecular formula is C20H29N3O6. The molecule has 0 radical (unpaired) electrons. The minimum absolute atomic E-state index is 0.111. The number of carbonyl (C=O) groups is 4. The molecule has 9 heteroatoms. The smallest absolute Gasteiger partial charge is 0.305 e. The molecule has 0 atom stereocenters. The van der Waals surface area contributed by atoms with Crippen molar-refractivity contribution in [3.63, 3.8) is 0 Å². The summed E-state index contributed by atoms with van der Waals surface area (Å²) in [5.41, 5.74) is 1.71. The summed E-state index contributed by atoms with van der Waals surface area (Å²) in [4.78, 5) is 48.9. The molecule has 0 aliphatic carbocycles. The van der Waals surface area contributed by atoms with Crippen LogP contribution in [0.4, 0.5) is 5.69 Å². The summed E-state index contributed by atoms with van der Waals surface area (Å²) in [6, 6.07) is 7.28. The lowest BCUT2D eigenvalue weighted by Gasteiger charge is -2.22. The van der Waals surface area contributed by atoms with E-state index in [4.69, 9.17) is 4.74 Å². The molecule has 0 bridgehead atoms. The molecule has 0 heterocycles. The van der Waals surface area contributed by atoms with Crippen molar-refractivity contribution < 1.29 is 28.7 Å². The number of ether oxygens (including phenoxy) is 2. The van der Waals surface area contributed by atoms with E-state index in [1.54, 1.807) is 12.1 Å². The van der Waals surface area contributed by atoms with Crippen molar-refractivity contribution >= 4 is 29.4 Å². The van der Waals surface area contributed by atoms with E-state index >= 15 is 0 Å². The normalized spacial score (nSPS) is 10.2. The van der Waals surface area contributed by atoms with Gasteiger partial charge in [0.2, 0.25) is 17.7 Å². The molecule has 3 amide bonds. The highest BCUT2D eigenvalue weighted by molar-refractivity contribution is 5.95. The van der Waals surface area contributed by atoms with Crippen molar-refractivity contribution in [3.05, 3.63) is 29.8 Å². The molecule has 160 valence electrons. The number of hydrogen-bond acceptors (Lipinski definition) is 6. The Balaban J connectivity index is 2.45. The van der Waals surface area contributed by atoms with Gasteiger partial charge in [0.1, 0.15) is 0 Å². The highest BCUT2D eigenvalue weighted by Gasteiger charge is 2.18. The Bertz CT molecular complexity index is 690. The first-order valence-corrected chi connectivity index (χ1v) is 9.32. The maximum absolute atomic E-state index is 12.3. The lowest BCUT2D eigenvalue weighted by molar-refractivity contribution is -0.141. The zero-order valence-corrected chi connectivity index (χ0v) is 17.2. The number of rotatable bonds is 12. The van der Waals surface area contributed by atoms with Gasteiger partial charge in [-0.25, -0.2) is 0 Å². The van der Waals surface area contributed by atoms with Crippen LogP contribution in [-0.2, 0) is 28.7 Å². The number of nitrogens with zero attached hydrogens (tertiary/aromatic N) is 1. The fourth-order valence-electron chi connectivity index (χ4n) is 2.39. The quantitative estimate of drug-likeness (QED) is 0.497. The van der Waals surface area contributed by atoms with E-state index in [0.29, 0.717) is 12.1 Å². The minimum Gasteiger partial charge on any atom is -0.469 e. The Labute approximate surface area is 170 Å². The van der Waals surface area contributed by atoms with Gasteiger partial charge in [-0.3, -0.25) is 19.2 Å².